The molecule has 0 saturated heterocycles. The van der Waals surface area contributed by atoms with Crippen LogP contribution >= 0.6 is 0 Å². The average Bonchev–Trinajstić information content (AvgIpc) is 2.49. The van der Waals surface area contributed by atoms with Crippen molar-refractivity contribution in [1.29, 1.82) is 0 Å². The summed E-state index contributed by atoms with van der Waals surface area (Å²) < 4.78 is 31.7. The number of ether oxygens (including phenoxy) is 1. The molecule has 0 bridgehead atoms. The molecular weight excluding hydrogens is 266 g/mol. The standard InChI is InChI=1S/C13H14F2N4O/c1-20-12-6-5-10(18-19-12)11(17-16)7-8-3-2-4-9(14)13(8)15/h2-6,11,17H,7,16H2,1H3. The highest BCUT2D eigenvalue weighted by molar-refractivity contribution is 5.22. The zero-order valence-electron chi connectivity index (χ0n) is 10.8. The molecule has 5 nitrogen and oxygen atoms in total. The van der Waals surface area contributed by atoms with Crippen molar-refractivity contribution in [3.63, 3.8) is 0 Å². The Labute approximate surface area is 114 Å². The molecule has 1 aromatic carbocycles. The van der Waals surface area contributed by atoms with Gasteiger partial charge in [0.05, 0.1) is 18.8 Å². The van der Waals surface area contributed by atoms with Crippen molar-refractivity contribution in [1.82, 2.24) is 15.6 Å². The van der Waals surface area contributed by atoms with Crippen molar-refractivity contribution in [2.24, 2.45) is 5.84 Å². The van der Waals surface area contributed by atoms with E-state index in [2.05, 4.69) is 15.6 Å². The maximum Gasteiger partial charge on any atom is 0.233 e. The molecule has 0 aliphatic carbocycles. The van der Waals surface area contributed by atoms with Crippen LogP contribution in [0.15, 0.2) is 30.3 Å². The van der Waals surface area contributed by atoms with Gasteiger partial charge >= 0.3 is 0 Å². The number of hydrogen-bond donors (Lipinski definition) is 2. The molecule has 20 heavy (non-hydrogen) atoms. The van der Waals surface area contributed by atoms with E-state index >= 15 is 0 Å². The number of hydrogen-bond acceptors (Lipinski definition) is 5. The molecule has 0 spiro atoms. The molecular formula is C13H14F2N4O. The first kappa shape index (κ1) is 14.3. The monoisotopic (exact) mass is 280 g/mol. The van der Waals surface area contributed by atoms with Gasteiger partial charge in [-0.2, -0.15) is 5.10 Å². The van der Waals surface area contributed by atoms with Crippen LogP contribution in [0.4, 0.5) is 8.78 Å². The van der Waals surface area contributed by atoms with Crippen LogP contribution in [-0.2, 0) is 6.42 Å². The van der Waals surface area contributed by atoms with Gasteiger partial charge in [0.15, 0.2) is 11.6 Å². The third-order valence-electron chi connectivity index (χ3n) is 2.88. The lowest BCUT2D eigenvalue weighted by atomic mass is 10.0. The second-order valence-corrected chi connectivity index (χ2v) is 4.14. The zero-order chi connectivity index (χ0) is 14.5. The van der Waals surface area contributed by atoms with Gasteiger partial charge < -0.3 is 4.74 Å². The van der Waals surface area contributed by atoms with Gasteiger partial charge in [-0.15, -0.1) is 5.10 Å². The van der Waals surface area contributed by atoms with Gasteiger partial charge in [-0.25, -0.2) is 8.78 Å². The van der Waals surface area contributed by atoms with Crippen LogP contribution in [-0.4, -0.2) is 17.3 Å². The van der Waals surface area contributed by atoms with E-state index in [1.807, 2.05) is 0 Å². The Kier molecular flexibility index (Phi) is 4.54. The summed E-state index contributed by atoms with van der Waals surface area (Å²) in [5.41, 5.74) is 3.24. The molecule has 1 atom stereocenters. The normalized spacial score (nSPS) is 12.2. The molecule has 0 aliphatic heterocycles. The van der Waals surface area contributed by atoms with Crippen molar-refractivity contribution >= 4 is 0 Å². The first-order valence-corrected chi connectivity index (χ1v) is 5.92. The highest BCUT2D eigenvalue weighted by atomic mass is 19.2. The summed E-state index contributed by atoms with van der Waals surface area (Å²) in [7, 11) is 1.48. The molecule has 2 aromatic rings. The molecule has 3 N–H and O–H groups in total. The van der Waals surface area contributed by atoms with Crippen molar-refractivity contribution in [3.8, 4) is 5.88 Å². The largest absolute Gasteiger partial charge is 0.480 e. The highest BCUT2D eigenvalue weighted by Gasteiger charge is 2.17. The molecule has 1 heterocycles. The number of hydrazine groups is 1. The third kappa shape index (κ3) is 3.06. The number of benzene rings is 1. The minimum atomic E-state index is -0.890. The summed E-state index contributed by atoms with van der Waals surface area (Å²) in [5, 5.41) is 7.75. The minimum Gasteiger partial charge on any atom is -0.480 e. The quantitative estimate of drug-likeness (QED) is 0.641. The first-order valence-electron chi connectivity index (χ1n) is 5.92. The lowest BCUT2D eigenvalue weighted by Gasteiger charge is -2.15. The van der Waals surface area contributed by atoms with Crippen LogP contribution in [0.3, 0.4) is 0 Å². The molecule has 7 heteroatoms. The van der Waals surface area contributed by atoms with E-state index in [-0.39, 0.29) is 12.0 Å². The number of rotatable bonds is 5. The van der Waals surface area contributed by atoms with Gasteiger partial charge in [-0.3, -0.25) is 11.3 Å². The first-order chi connectivity index (χ1) is 9.65. The lowest BCUT2D eigenvalue weighted by Crippen LogP contribution is -2.30. The molecule has 0 fully saturated rings. The topological polar surface area (TPSA) is 73.1 Å². The summed E-state index contributed by atoms with van der Waals surface area (Å²) in [5.74, 6) is 4.04. The van der Waals surface area contributed by atoms with Crippen LogP contribution in [0, 0.1) is 11.6 Å². The fourth-order valence-corrected chi connectivity index (χ4v) is 1.80. The minimum absolute atomic E-state index is 0.154. The summed E-state index contributed by atoms with van der Waals surface area (Å²) in [6.07, 6.45) is 0.154. The molecule has 106 valence electrons. The fraction of sp³-hybridized carbons (Fsp3) is 0.231. The van der Waals surface area contributed by atoms with E-state index in [4.69, 9.17) is 10.6 Å². The molecule has 0 amide bonds. The van der Waals surface area contributed by atoms with Gasteiger partial charge in [0.2, 0.25) is 5.88 Å². The summed E-state index contributed by atoms with van der Waals surface area (Å²) in [6, 6.07) is 6.81. The second kappa shape index (κ2) is 6.36. The van der Waals surface area contributed by atoms with Gasteiger partial charge in [0, 0.05) is 6.07 Å². The van der Waals surface area contributed by atoms with Crippen LogP contribution in [0.1, 0.15) is 17.3 Å². The zero-order valence-corrected chi connectivity index (χ0v) is 10.8. The van der Waals surface area contributed by atoms with Gasteiger partial charge in [-0.05, 0) is 24.1 Å². The molecule has 2 rings (SSSR count). The van der Waals surface area contributed by atoms with Crippen LogP contribution in [0.25, 0.3) is 0 Å². The molecule has 0 saturated carbocycles. The van der Waals surface area contributed by atoms with E-state index in [1.54, 1.807) is 12.1 Å². The number of aromatic nitrogens is 2. The number of nitrogens with zero attached hydrogens (tertiary/aromatic N) is 2. The predicted molar refractivity (Wildman–Crippen MR) is 68.7 cm³/mol. The summed E-state index contributed by atoms with van der Waals surface area (Å²) in [4.78, 5) is 0. The van der Waals surface area contributed by atoms with Crippen LogP contribution in [0.2, 0.25) is 0 Å². The van der Waals surface area contributed by atoms with E-state index in [0.29, 0.717) is 11.6 Å². The maximum absolute atomic E-state index is 13.6. The average molecular weight is 280 g/mol. The Balaban J connectivity index is 2.21. The number of nitrogens with two attached hydrogens (primary N) is 1. The smallest absolute Gasteiger partial charge is 0.233 e. The Bertz CT molecular complexity index is 577. The number of methoxy groups -OCH3 is 1. The number of nitrogens with one attached hydrogen (secondary N) is 1. The van der Waals surface area contributed by atoms with Crippen molar-refractivity contribution < 1.29 is 13.5 Å². The van der Waals surface area contributed by atoms with E-state index in [0.717, 1.165) is 6.07 Å². The highest BCUT2D eigenvalue weighted by Crippen LogP contribution is 2.20. The van der Waals surface area contributed by atoms with Crippen LogP contribution < -0.4 is 16.0 Å². The Hall–Kier alpha value is -2.12. The third-order valence-corrected chi connectivity index (χ3v) is 2.88. The lowest BCUT2D eigenvalue weighted by molar-refractivity contribution is 0.389. The Morgan fingerprint density at radius 2 is 2.05 bits per heavy atom. The predicted octanol–water partition coefficient (Wildman–Crippen LogP) is 1.51. The van der Waals surface area contributed by atoms with E-state index in [1.165, 1.54) is 19.2 Å². The van der Waals surface area contributed by atoms with Crippen molar-refractivity contribution in [2.75, 3.05) is 7.11 Å². The van der Waals surface area contributed by atoms with Gasteiger partial charge in [-0.1, -0.05) is 12.1 Å². The van der Waals surface area contributed by atoms with Crippen molar-refractivity contribution in [3.05, 3.63) is 53.2 Å². The molecule has 0 radical (unpaired) electrons. The van der Waals surface area contributed by atoms with Crippen molar-refractivity contribution in [2.45, 2.75) is 12.5 Å². The summed E-state index contributed by atoms with van der Waals surface area (Å²) in [6.45, 7) is 0. The molecule has 1 unspecified atom stereocenters. The van der Waals surface area contributed by atoms with Gasteiger partial charge in [0.1, 0.15) is 0 Å². The Morgan fingerprint density at radius 1 is 1.25 bits per heavy atom. The van der Waals surface area contributed by atoms with E-state index in [9.17, 15) is 8.78 Å². The molecule has 1 aromatic heterocycles. The van der Waals surface area contributed by atoms with E-state index < -0.39 is 17.7 Å². The fourth-order valence-electron chi connectivity index (χ4n) is 1.80. The van der Waals surface area contributed by atoms with Crippen LogP contribution in [0.5, 0.6) is 5.88 Å². The summed E-state index contributed by atoms with van der Waals surface area (Å²) >= 11 is 0. The maximum atomic E-state index is 13.6. The SMILES string of the molecule is COc1ccc(C(Cc2cccc(F)c2F)NN)nn1. The Morgan fingerprint density at radius 3 is 2.65 bits per heavy atom. The second-order valence-electron chi connectivity index (χ2n) is 4.14. The van der Waals surface area contributed by atoms with Gasteiger partial charge in [0.25, 0.3) is 0 Å². The molecule has 0 aliphatic rings. The number of halogens is 2.